The molecule has 0 radical (unpaired) electrons. The molecule has 4 fully saturated rings. The molecular formula is C19H30N4O2S. The van der Waals surface area contributed by atoms with E-state index in [9.17, 15) is 8.42 Å². The molecule has 4 aliphatic rings. The minimum absolute atomic E-state index is 0.0774. The molecule has 0 aromatic carbocycles. The molecular weight excluding hydrogens is 348 g/mol. The van der Waals surface area contributed by atoms with Crippen LogP contribution in [-0.2, 0) is 9.84 Å². The van der Waals surface area contributed by atoms with Gasteiger partial charge in [0.05, 0.1) is 11.5 Å². The van der Waals surface area contributed by atoms with E-state index in [0.717, 1.165) is 31.8 Å². The molecule has 2 aliphatic carbocycles. The Bertz CT molecular complexity index is 800. The zero-order valence-electron chi connectivity index (χ0n) is 15.9. The highest BCUT2D eigenvalue weighted by Gasteiger charge is 2.53. The topological polar surface area (TPSA) is 68.1 Å². The highest BCUT2D eigenvalue weighted by atomic mass is 32.2. The molecule has 3 heterocycles. The van der Waals surface area contributed by atoms with Gasteiger partial charge in [0.25, 0.3) is 0 Å². The Kier molecular flexibility index (Phi) is 3.81. The summed E-state index contributed by atoms with van der Waals surface area (Å²) in [6.07, 6.45) is 7.08. The average Bonchev–Trinajstić information content (AvgIpc) is 2.99. The Balaban J connectivity index is 1.28. The second kappa shape index (κ2) is 5.77. The average molecular weight is 379 g/mol. The van der Waals surface area contributed by atoms with Gasteiger partial charge in [-0.25, -0.2) is 18.1 Å². The zero-order chi connectivity index (χ0) is 18.1. The van der Waals surface area contributed by atoms with E-state index in [-0.39, 0.29) is 5.41 Å². The van der Waals surface area contributed by atoms with Gasteiger partial charge in [0.2, 0.25) is 0 Å². The maximum Gasteiger partial charge on any atom is 0.154 e. The highest BCUT2D eigenvalue weighted by molar-refractivity contribution is 7.92. The first-order valence-corrected chi connectivity index (χ1v) is 12.1. The summed E-state index contributed by atoms with van der Waals surface area (Å²) in [5.41, 5.74) is 0.0774. The predicted octanol–water partition coefficient (Wildman–Crippen LogP) is 2.49. The molecule has 1 aromatic rings. The lowest BCUT2D eigenvalue weighted by atomic mass is 9.91. The number of nitrogens with zero attached hydrogens (tertiary/aromatic N) is 4. The van der Waals surface area contributed by atoms with Crippen LogP contribution in [0.25, 0.3) is 0 Å². The van der Waals surface area contributed by atoms with Crippen LogP contribution in [0.4, 0.5) is 0 Å². The minimum atomic E-state index is -2.74. The van der Waals surface area contributed by atoms with Crippen LogP contribution in [0, 0.1) is 5.41 Å². The van der Waals surface area contributed by atoms with Crippen molar-refractivity contribution in [3.63, 3.8) is 0 Å². The number of sulfone groups is 1. The lowest BCUT2D eigenvalue weighted by Gasteiger charge is -2.38. The molecule has 7 heteroatoms. The van der Waals surface area contributed by atoms with E-state index in [2.05, 4.69) is 23.4 Å². The Morgan fingerprint density at radius 1 is 1.12 bits per heavy atom. The summed E-state index contributed by atoms with van der Waals surface area (Å²) in [5, 5.41) is 4.83. The van der Waals surface area contributed by atoms with Gasteiger partial charge in [-0.2, -0.15) is 5.10 Å². The summed E-state index contributed by atoms with van der Waals surface area (Å²) in [6, 6.07) is 0.948. The van der Waals surface area contributed by atoms with Crippen molar-refractivity contribution in [1.82, 2.24) is 19.7 Å². The maximum atomic E-state index is 11.6. The highest BCUT2D eigenvalue weighted by Crippen LogP contribution is 2.46. The Morgan fingerprint density at radius 3 is 2.50 bits per heavy atom. The molecule has 0 N–H and O–H groups in total. The van der Waals surface area contributed by atoms with E-state index in [0.29, 0.717) is 35.4 Å². The van der Waals surface area contributed by atoms with Crippen molar-refractivity contribution in [2.75, 3.05) is 24.6 Å². The number of likely N-dealkylation sites (tertiary alicyclic amines) is 1. The first kappa shape index (κ1) is 17.2. The van der Waals surface area contributed by atoms with Crippen molar-refractivity contribution < 1.29 is 8.42 Å². The summed E-state index contributed by atoms with van der Waals surface area (Å²) in [7, 11) is -2.74. The molecule has 26 heavy (non-hydrogen) atoms. The molecule has 2 saturated carbocycles. The van der Waals surface area contributed by atoms with Crippen molar-refractivity contribution in [2.45, 2.75) is 76.3 Å². The fourth-order valence-corrected chi connectivity index (χ4v) is 7.71. The van der Waals surface area contributed by atoms with Crippen LogP contribution < -0.4 is 0 Å². The van der Waals surface area contributed by atoms with Crippen LogP contribution in [0.15, 0.2) is 0 Å². The van der Waals surface area contributed by atoms with Crippen LogP contribution in [0.3, 0.4) is 0 Å². The van der Waals surface area contributed by atoms with Crippen molar-refractivity contribution in [1.29, 1.82) is 0 Å². The number of hydrogen-bond donors (Lipinski definition) is 0. The number of rotatable bonds is 4. The Labute approximate surface area is 156 Å². The quantitative estimate of drug-likeness (QED) is 0.805. The summed E-state index contributed by atoms with van der Waals surface area (Å²) in [4.78, 5) is 7.54. The van der Waals surface area contributed by atoms with Gasteiger partial charge in [-0.3, -0.25) is 4.90 Å². The maximum absolute atomic E-state index is 11.6. The van der Waals surface area contributed by atoms with E-state index < -0.39 is 9.84 Å². The first-order valence-electron chi connectivity index (χ1n) is 10.2. The van der Waals surface area contributed by atoms with E-state index in [1.807, 2.05) is 0 Å². The molecule has 2 atom stereocenters. The standard InChI is InChI=1S/C19H30N4O2S/c1-13(2)23-18(20-17(21-23)14-3-4-14)15-5-6-16(9-15)22-8-7-19(10-22)11-26(24,25)12-19/h13-16H,3-12H2,1-2H3. The van der Waals surface area contributed by atoms with Crippen LogP contribution in [0.1, 0.15) is 81.9 Å². The molecule has 1 spiro atoms. The zero-order valence-corrected chi connectivity index (χ0v) is 16.7. The third-order valence-corrected chi connectivity index (χ3v) is 9.02. The van der Waals surface area contributed by atoms with Gasteiger partial charge in [0.1, 0.15) is 5.82 Å². The van der Waals surface area contributed by atoms with Gasteiger partial charge in [0, 0.05) is 35.9 Å². The van der Waals surface area contributed by atoms with Crippen LogP contribution in [-0.4, -0.2) is 58.7 Å². The second-order valence-electron chi connectivity index (χ2n) is 9.56. The largest absolute Gasteiger partial charge is 0.300 e. The van der Waals surface area contributed by atoms with Gasteiger partial charge in [-0.05, 0) is 58.9 Å². The van der Waals surface area contributed by atoms with Crippen LogP contribution in [0.2, 0.25) is 0 Å². The molecule has 1 aromatic heterocycles. The molecule has 2 saturated heterocycles. The van der Waals surface area contributed by atoms with Crippen LogP contribution >= 0.6 is 0 Å². The second-order valence-corrected chi connectivity index (χ2v) is 11.6. The number of hydrogen-bond acceptors (Lipinski definition) is 5. The van der Waals surface area contributed by atoms with Crippen LogP contribution in [0.5, 0.6) is 0 Å². The third kappa shape index (κ3) is 2.91. The van der Waals surface area contributed by atoms with E-state index in [1.165, 1.54) is 31.5 Å². The summed E-state index contributed by atoms with van der Waals surface area (Å²) >= 11 is 0. The fraction of sp³-hybridized carbons (Fsp3) is 0.895. The SMILES string of the molecule is CC(C)n1nc(C2CC2)nc1C1CCC(N2CCC3(C2)CS(=O)(=O)C3)C1. The smallest absolute Gasteiger partial charge is 0.154 e. The summed E-state index contributed by atoms with van der Waals surface area (Å²) in [6.45, 7) is 6.44. The van der Waals surface area contributed by atoms with Gasteiger partial charge < -0.3 is 0 Å². The minimum Gasteiger partial charge on any atom is -0.300 e. The van der Waals surface area contributed by atoms with E-state index in [1.54, 1.807) is 0 Å². The Morgan fingerprint density at radius 2 is 1.85 bits per heavy atom. The fourth-order valence-electron chi connectivity index (χ4n) is 5.46. The van der Waals surface area contributed by atoms with Crippen molar-refractivity contribution in [2.24, 2.45) is 5.41 Å². The summed E-state index contributed by atoms with van der Waals surface area (Å²) in [5.74, 6) is 4.20. The normalized spacial score (nSPS) is 33.2. The molecule has 5 rings (SSSR count). The summed E-state index contributed by atoms with van der Waals surface area (Å²) < 4.78 is 25.5. The lowest BCUT2D eigenvalue weighted by molar-refractivity contribution is 0.213. The molecule has 144 valence electrons. The van der Waals surface area contributed by atoms with E-state index in [4.69, 9.17) is 10.1 Å². The molecule has 0 bridgehead atoms. The molecule has 0 amide bonds. The lowest BCUT2D eigenvalue weighted by Crippen LogP contribution is -2.50. The van der Waals surface area contributed by atoms with Gasteiger partial charge >= 0.3 is 0 Å². The van der Waals surface area contributed by atoms with Gasteiger partial charge in [-0.15, -0.1) is 0 Å². The van der Waals surface area contributed by atoms with Gasteiger partial charge in [-0.1, -0.05) is 0 Å². The predicted molar refractivity (Wildman–Crippen MR) is 100 cm³/mol. The van der Waals surface area contributed by atoms with Crippen molar-refractivity contribution in [3.05, 3.63) is 11.6 Å². The number of aromatic nitrogens is 3. The monoisotopic (exact) mass is 378 g/mol. The Hall–Kier alpha value is -0.950. The molecule has 2 aliphatic heterocycles. The third-order valence-electron chi connectivity index (χ3n) is 6.91. The van der Waals surface area contributed by atoms with Crippen molar-refractivity contribution in [3.8, 4) is 0 Å². The first-order chi connectivity index (χ1) is 12.3. The van der Waals surface area contributed by atoms with Gasteiger partial charge in [0.15, 0.2) is 15.7 Å². The van der Waals surface area contributed by atoms with E-state index >= 15 is 0 Å². The molecule has 6 nitrogen and oxygen atoms in total. The molecule has 2 unspecified atom stereocenters. The van der Waals surface area contributed by atoms with Crippen molar-refractivity contribution >= 4 is 9.84 Å².